The second-order valence-electron chi connectivity index (χ2n) is 4.06. The summed E-state index contributed by atoms with van der Waals surface area (Å²) in [5.74, 6) is 0.563. The lowest BCUT2D eigenvalue weighted by molar-refractivity contribution is -0.609. The van der Waals surface area contributed by atoms with Crippen LogP contribution in [0.25, 0.3) is 5.57 Å². The molecule has 6 nitrogen and oxygen atoms in total. The molecular formula is C13H14N2O4. The van der Waals surface area contributed by atoms with E-state index in [4.69, 9.17) is 9.47 Å². The van der Waals surface area contributed by atoms with Crippen LogP contribution in [0.5, 0.6) is 0 Å². The van der Waals surface area contributed by atoms with Crippen LogP contribution in [0.1, 0.15) is 12.1 Å². The molecule has 1 aromatic rings. The molecule has 0 N–H and O–H groups in total. The third kappa shape index (κ3) is 2.34. The third-order valence-electron chi connectivity index (χ3n) is 3.04. The van der Waals surface area contributed by atoms with E-state index in [1.807, 2.05) is 6.07 Å². The monoisotopic (exact) mass is 262 g/mol. The number of hydrogen-bond acceptors (Lipinski definition) is 5. The Bertz CT molecular complexity index is 539. The number of hydrogen-bond donors (Lipinski definition) is 0. The number of pyridine rings is 1. The van der Waals surface area contributed by atoms with Crippen LogP contribution in [0.4, 0.5) is 0 Å². The number of allylic oxidation sites excluding steroid dienone is 1. The highest BCUT2D eigenvalue weighted by Gasteiger charge is 2.43. The van der Waals surface area contributed by atoms with Crippen LogP contribution in [0.15, 0.2) is 42.3 Å². The fourth-order valence-corrected chi connectivity index (χ4v) is 1.96. The number of nitrogens with zero attached hydrogens (tertiary/aromatic N) is 2. The summed E-state index contributed by atoms with van der Waals surface area (Å²) in [7, 11) is 2.84. The van der Waals surface area contributed by atoms with Crippen LogP contribution in [0, 0.1) is 10.1 Å². The molecule has 19 heavy (non-hydrogen) atoms. The Hall–Kier alpha value is -2.21. The molecule has 0 saturated carbocycles. The summed E-state index contributed by atoms with van der Waals surface area (Å²) < 4.78 is 10.3. The van der Waals surface area contributed by atoms with Crippen LogP contribution in [-0.2, 0) is 9.47 Å². The smallest absolute Gasteiger partial charge is 0.348 e. The van der Waals surface area contributed by atoms with Crippen molar-refractivity contribution >= 4 is 5.57 Å². The summed E-state index contributed by atoms with van der Waals surface area (Å²) in [6, 6.07) is 5.36. The van der Waals surface area contributed by atoms with Crippen LogP contribution < -0.4 is 0 Å². The molecule has 0 radical (unpaired) electrons. The van der Waals surface area contributed by atoms with E-state index in [2.05, 4.69) is 4.98 Å². The summed E-state index contributed by atoms with van der Waals surface area (Å²) in [6.45, 7) is 0. The molecule has 0 spiro atoms. The Balaban J connectivity index is 2.51. The Kier molecular flexibility index (Phi) is 3.62. The number of methoxy groups -OCH3 is 2. The van der Waals surface area contributed by atoms with Gasteiger partial charge in [0.05, 0.1) is 24.1 Å². The molecule has 1 atom stereocenters. The zero-order valence-corrected chi connectivity index (χ0v) is 10.7. The van der Waals surface area contributed by atoms with Gasteiger partial charge in [-0.15, -0.1) is 0 Å². The molecule has 0 aliphatic heterocycles. The molecule has 0 saturated heterocycles. The van der Waals surface area contributed by atoms with Gasteiger partial charge in [0.1, 0.15) is 5.76 Å². The fourth-order valence-electron chi connectivity index (χ4n) is 1.96. The van der Waals surface area contributed by atoms with E-state index in [-0.39, 0.29) is 6.42 Å². The van der Waals surface area contributed by atoms with E-state index in [9.17, 15) is 10.1 Å². The molecule has 1 heterocycles. The number of rotatable bonds is 4. The SMILES string of the molecule is COC1=CCC(OC)([N+](=O)[O-])C=C1c1ccccn1. The quantitative estimate of drug-likeness (QED) is 0.471. The van der Waals surface area contributed by atoms with Gasteiger partial charge in [0, 0.05) is 25.0 Å². The first kappa shape index (κ1) is 13.2. The number of nitro groups is 1. The normalized spacial score (nSPS) is 22.4. The highest BCUT2D eigenvalue weighted by molar-refractivity contribution is 5.76. The van der Waals surface area contributed by atoms with Gasteiger partial charge in [-0.1, -0.05) is 6.07 Å². The van der Waals surface area contributed by atoms with Crippen LogP contribution in [0.2, 0.25) is 0 Å². The first-order chi connectivity index (χ1) is 9.13. The molecule has 0 bridgehead atoms. The molecule has 2 rings (SSSR count). The van der Waals surface area contributed by atoms with Crippen LogP contribution in [0.3, 0.4) is 0 Å². The number of aromatic nitrogens is 1. The zero-order chi connectivity index (χ0) is 13.9. The zero-order valence-electron chi connectivity index (χ0n) is 10.7. The first-order valence-corrected chi connectivity index (χ1v) is 5.71. The highest BCUT2D eigenvalue weighted by Crippen LogP contribution is 2.34. The minimum absolute atomic E-state index is 0.121. The van der Waals surface area contributed by atoms with Crippen LogP contribution in [-0.4, -0.2) is 29.9 Å². The first-order valence-electron chi connectivity index (χ1n) is 5.71. The lowest BCUT2D eigenvalue weighted by Gasteiger charge is -2.25. The van der Waals surface area contributed by atoms with Crippen LogP contribution >= 0.6 is 0 Å². The van der Waals surface area contributed by atoms with Crippen molar-refractivity contribution in [3.05, 3.63) is 58.1 Å². The van der Waals surface area contributed by atoms with Crippen molar-refractivity contribution < 1.29 is 14.4 Å². The van der Waals surface area contributed by atoms with Gasteiger partial charge in [0.15, 0.2) is 0 Å². The predicted octanol–water partition coefficient (Wildman–Crippen LogP) is 2.02. The van der Waals surface area contributed by atoms with E-state index in [0.29, 0.717) is 17.0 Å². The summed E-state index contributed by atoms with van der Waals surface area (Å²) in [5.41, 5.74) is -0.388. The minimum atomic E-state index is -1.56. The molecule has 1 aliphatic carbocycles. The molecule has 0 amide bonds. The summed E-state index contributed by atoms with van der Waals surface area (Å²) in [6.07, 6.45) is 4.85. The van der Waals surface area contributed by atoms with Gasteiger partial charge in [-0.25, -0.2) is 0 Å². The summed E-state index contributed by atoms with van der Waals surface area (Å²) in [4.78, 5) is 15.0. The molecule has 1 unspecified atom stereocenters. The van der Waals surface area contributed by atoms with Crippen molar-refractivity contribution in [2.45, 2.75) is 12.1 Å². The summed E-state index contributed by atoms with van der Waals surface area (Å²) >= 11 is 0. The van der Waals surface area contributed by atoms with Gasteiger partial charge < -0.3 is 9.47 Å². The van der Waals surface area contributed by atoms with E-state index in [1.54, 1.807) is 24.4 Å². The topological polar surface area (TPSA) is 74.5 Å². The molecule has 100 valence electrons. The minimum Gasteiger partial charge on any atom is -0.496 e. The Morgan fingerprint density at radius 3 is 2.74 bits per heavy atom. The lowest BCUT2D eigenvalue weighted by Crippen LogP contribution is -2.39. The molecule has 6 heteroatoms. The second kappa shape index (κ2) is 5.19. The second-order valence-corrected chi connectivity index (χ2v) is 4.06. The highest BCUT2D eigenvalue weighted by atomic mass is 16.7. The molecule has 1 aromatic heterocycles. The van der Waals surface area contributed by atoms with Crippen molar-refractivity contribution in [3.8, 4) is 0 Å². The average molecular weight is 262 g/mol. The fraction of sp³-hybridized carbons (Fsp3) is 0.308. The molecule has 0 aromatic carbocycles. The van der Waals surface area contributed by atoms with Crippen molar-refractivity contribution in [1.82, 2.24) is 4.98 Å². The van der Waals surface area contributed by atoms with Crippen molar-refractivity contribution in [2.24, 2.45) is 0 Å². The maximum Gasteiger partial charge on any atom is 0.348 e. The lowest BCUT2D eigenvalue weighted by atomic mass is 9.95. The molecule has 1 aliphatic rings. The van der Waals surface area contributed by atoms with Gasteiger partial charge in [0.25, 0.3) is 0 Å². The largest absolute Gasteiger partial charge is 0.496 e. The van der Waals surface area contributed by atoms with Crippen molar-refractivity contribution in [3.63, 3.8) is 0 Å². The third-order valence-corrected chi connectivity index (χ3v) is 3.04. The molecule has 0 fully saturated rings. The summed E-state index contributed by atoms with van der Waals surface area (Å²) in [5, 5.41) is 11.2. The van der Waals surface area contributed by atoms with E-state index in [1.165, 1.54) is 20.3 Å². The Labute approximate surface area is 110 Å². The number of ether oxygens (including phenoxy) is 2. The van der Waals surface area contributed by atoms with E-state index < -0.39 is 10.6 Å². The van der Waals surface area contributed by atoms with Gasteiger partial charge in [-0.3, -0.25) is 15.1 Å². The maximum atomic E-state index is 11.2. The van der Waals surface area contributed by atoms with Gasteiger partial charge in [-0.2, -0.15) is 0 Å². The van der Waals surface area contributed by atoms with E-state index >= 15 is 0 Å². The van der Waals surface area contributed by atoms with Gasteiger partial charge >= 0.3 is 5.72 Å². The standard InChI is InChI=1S/C13H14N2O4/c1-18-12-6-7-13(19-2,15(16)17)9-10(12)11-5-3-4-8-14-11/h3-6,8-9H,7H2,1-2H3. The van der Waals surface area contributed by atoms with Crippen molar-refractivity contribution in [1.29, 1.82) is 0 Å². The van der Waals surface area contributed by atoms with E-state index in [0.717, 1.165) is 0 Å². The molecular weight excluding hydrogens is 248 g/mol. The maximum absolute atomic E-state index is 11.2. The van der Waals surface area contributed by atoms with Crippen molar-refractivity contribution in [2.75, 3.05) is 14.2 Å². The predicted molar refractivity (Wildman–Crippen MR) is 68.7 cm³/mol. The Morgan fingerprint density at radius 2 is 2.21 bits per heavy atom. The average Bonchev–Trinajstić information content (AvgIpc) is 2.47. The van der Waals surface area contributed by atoms with Gasteiger partial charge in [0.2, 0.25) is 0 Å². The Morgan fingerprint density at radius 1 is 1.42 bits per heavy atom. The van der Waals surface area contributed by atoms with Gasteiger partial charge in [-0.05, 0) is 18.2 Å².